The Morgan fingerprint density at radius 2 is 0.750 bits per heavy atom. The molecule has 2 rings (SSSR count). The van der Waals surface area contributed by atoms with Gasteiger partial charge in [0.25, 0.3) is 0 Å². The molecule has 2 aromatic heterocycles. The molecule has 0 aliphatic heterocycles. The van der Waals surface area contributed by atoms with E-state index in [0.29, 0.717) is 0 Å². The molecule has 0 saturated heterocycles. The van der Waals surface area contributed by atoms with Crippen molar-refractivity contribution in [3.05, 3.63) is 91.8 Å². The molecule has 2 heterocycles. The van der Waals surface area contributed by atoms with E-state index in [4.69, 9.17) is 30.6 Å². The SMILES string of the molecule is O=[N+]([O-])[O-].O=[N+]([O-])[O-].c1cc[n+](-[n+]2ccccc2)cc1. The summed E-state index contributed by atoms with van der Waals surface area (Å²) >= 11 is 0. The second-order valence-corrected chi connectivity index (χ2v) is 2.96. The molecule has 0 radical (unpaired) electrons. The van der Waals surface area contributed by atoms with Gasteiger partial charge in [-0.2, -0.15) is 0 Å². The van der Waals surface area contributed by atoms with Crippen LogP contribution in [0.3, 0.4) is 0 Å². The summed E-state index contributed by atoms with van der Waals surface area (Å²) in [6.07, 6.45) is 8.00. The van der Waals surface area contributed by atoms with Gasteiger partial charge in [-0.25, -0.2) is 0 Å². The van der Waals surface area contributed by atoms with Crippen molar-refractivity contribution < 1.29 is 19.5 Å². The predicted octanol–water partition coefficient (Wildman–Crippen LogP) is 0.0948. The highest BCUT2D eigenvalue weighted by molar-refractivity contribution is 4.84. The summed E-state index contributed by atoms with van der Waals surface area (Å²) in [6.45, 7) is 0. The fourth-order valence-corrected chi connectivity index (χ4v) is 1.09. The third kappa shape index (κ3) is 9.89. The second kappa shape index (κ2) is 9.70. The largest absolute Gasteiger partial charge is 0.356 e. The standard InChI is InChI=1S/C10H10N2.2NO3/c1-3-7-11(8-4-1)12-9-5-2-6-10-12;2*2-1(3)4/h1-10H;;/q+2;2*-1. The van der Waals surface area contributed by atoms with Gasteiger partial charge in [0.2, 0.25) is 24.8 Å². The molecule has 2 aromatic rings. The minimum Gasteiger partial charge on any atom is -0.356 e. The fourth-order valence-electron chi connectivity index (χ4n) is 1.09. The van der Waals surface area contributed by atoms with Crippen molar-refractivity contribution in [2.75, 3.05) is 0 Å². The molecule has 0 saturated carbocycles. The topological polar surface area (TPSA) is 140 Å². The Hall–Kier alpha value is -3.30. The molecule has 0 unspecified atom stereocenters. The van der Waals surface area contributed by atoms with E-state index in [1.165, 1.54) is 0 Å². The number of nitrogens with zero attached hydrogens (tertiary/aromatic N) is 4. The van der Waals surface area contributed by atoms with E-state index in [0.717, 1.165) is 0 Å². The summed E-state index contributed by atoms with van der Waals surface area (Å²) in [6, 6.07) is 12.0. The van der Waals surface area contributed by atoms with Gasteiger partial charge in [-0.1, -0.05) is 0 Å². The molecule has 0 aromatic carbocycles. The lowest BCUT2D eigenvalue weighted by atomic mass is 10.5. The summed E-state index contributed by atoms with van der Waals surface area (Å²) in [5, 5.41) is 29.5. The van der Waals surface area contributed by atoms with Crippen LogP contribution in [-0.2, 0) is 0 Å². The molecule has 0 aliphatic carbocycles. The maximum absolute atomic E-state index is 8.25. The Labute approximate surface area is 112 Å². The van der Waals surface area contributed by atoms with E-state index >= 15 is 0 Å². The molecule has 0 atom stereocenters. The molecule has 10 nitrogen and oxygen atoms in total. The van der Waals surface area contributed by atoms with Gasteiger partial charge in [0.1, 0.15) is 0 Å². The van der Waals surface area contributed by atoms with Gasteiger partial charge < -0.3 is 30.6 Å². The quantitative estimate of drug-likeness (QED) is 0.412. The van der Waals surface area contributed by atoms with Gasteiger partial charge in [0.15, 0.2) is 0 Å². The van der Waals surface area contributed by atoms with Gasteiger partial charge >= 0.3 is 0 Å². The van der Waals surface area contributed by atoms with E-state index in [2.05, 4.69) is 0 Å². The van der Waals surface area contributed by atoms with Gasteiger partial charge in [0, 0.05) is 24.3 Å². The lowest BCUT2D eigenvalue weighted by Crippen LogP contribution is -2.65. The lowest BCUT2D eigenvalue weighted by Gasteiger charge is -1.84. The van der Waals surface area contributed by atoms with E-state index in [1.807, 2.05) is 70.5 Å². The number of aromatic nitrogens is 2. The van der Waals surface area contributed by atoms with Crippen LogP contribution in [0.15, 0.2) is 61.2 Å². The lowest BCUT2D eigenvalue weighted by molar-refractivity contribution is -1.30. The summed E-state index contributed by atoms with van der Waals surface area (Å²) in [7, 11) is 0. The third-order valence-corrected chi connectivity index (χ3v) is 1.67. The van der Waals surface area contributed by atoms with Crippen molar-refractivity contribution in [1.82, 2.24) is 0 Å². The Morgan fingerprint density at radius 3 is 0.950 bits per heavy atom. The normalized spacial score (nSPS) is 8.20. The average molecular weight is 282 g/mol. The Balaban J connectivity index is 0.000000380. The van der Waals surface area contributed by atoms with Crippen molar-refractivity contribution in [3.8, 4) is 0 Å². The van der Waals surface area contributed by atoms with Crippen LogP contribution in [0.25, 0.3) is 0 Å². The third-order valence-electron chi connectivity index (χ3n) is 1.67. The van der Waals surface area contributed by atoms with E-state index < -0.39 is 10.2 Å². The highest BCUT2D eigenvalue weighted by atomic mass is 16.9. The van der Waals surface area contributed by atoms with Crippen LogP contribution in [0.1, 0.15) is 0 Å². The van der Waals surface area contributed by atoms with Crippen LogP contribution in [0.5, 0.6) is 0 Å². The molecule has 0 fully saturated rings. The Bertz CT molecular complexity index is 464. The van der Waals surface area contributed by atoms with Crippen LogP contribution in [-0.4, -0.2) is 10.2 Å². The summed E-state index contributed by atoms with van der Waals surface area (Å²) in [5.41, 5.74) is 0. The highest BCUT2D eigenvalue weighted by Crippen LogP contribution is 1.76. The molecular weight excluding hydrogens is 272 g/mol. The molecule has 20 heavy (non-hydrogen) atoms. The molecule has 0 N–H and O–H groups in total. The smallest absolute Gasteiger partial charge is 0.242 e. The summed E-state index contributed by atoms with van der Waals surface area (Å²) in [5.74, 6) is 0. The molecule has 10 heteroatoms. The molecule has 106 valence electrons. The maximum Gasteiger partial charge on any atom is 0.242 e. The van der Waals surface area contributed by atoms with Crippen molar-refractivity contribution in [3.63, 3.8) is 0 Å². The first kappa shape index (κ1) is 16.7. The van der Waals surface area contributed by atoms with Gasteiger partial charge in [-0.3, -0.25) is 0 Å². The first-order valence-corrected chi connectivity index (χ1v) is 4.99. The van der Waals surface area contributed by atoms with Crippen LogP contribution < -0.4 is 9.35 Å². The van der Waals surface area contributed by atoms with E-state index in [9.17, 15) is 0 Å². The van der Waals surface area contributed by atoms with Crippen molar-refractivity contribution in [1.29, 1.82) is 0 Å². The zero-order valence-corrected chi connectivity index (χ0v) is 10.0. The number of hydrogen-bond acceptors (Lipinski definition) is 6. The number of hydrogen-bond donors (Lipinski definition) is 0. The summed E-state index contributed by atoms with van der Waals surface area (Å²) < 4.78 is 4.00. The van der Waals surface area contributed by atoms with Gasteiger partial charge in [-0.05, 0) is 12.1 Å². The van der Waals surface area contributed by atoms with Crippen molar-refractivity contribution >= 4 is 0 Å². The first-order chi connectivity index (χ1) is 9.43. The van der Waals surface area contributed by atoms with Crippen LogP contribution in [0.2, 0.25) is 0 Å². The molecule has 0 bridgehead atoms. The second-order valence-electron chi connectivity index (χ2n) is 2.96. The van der Waals surface area contributed by atoms with E-state index in [-0.39, 0.29) is 0 Å². The average Bonchev–Trinajstić information content (AvgIpc) is 2.39. The molecule has 0 amide bonds. The molecular formula is C10H10N4O6. The Kier molecular flexibility index (Phi) is 8.10. The zero-order chi connectivity index (χ0) is 15.4. The first-order valence-electron chi connectivity index (χ1n) is 4.99. The monoisotopic (exact) mass is 282 g/mol. The summed E-state index contributed by atoms with van der Waals surface area (Å²) in [4.78, 5) is 16.5. The zero-order valence-electron chi connectivity index (χ0n) is 10.0. The van der Waals surface area contributed by atoms with Crippen LogP contribution in [0.4, 0.5) is 0 Å². The van der Waals surface area contributed by atoms with Gasteiger partial charge in [0.05, 0.1) is 19.5 Å². The molecule has 0 aliphatic rings. The van der Waals surface area contributed by atoms with Crippen LogP contribution >= 0.6 is 0 Å². The number of pyridine rings is 2. The molecule has 0 spiro atoms. The van der Waals surface area contributed by atoms with E-state index in [1.54, 1.807) is 0 Å². The minimum absolute atomic E-state index is 1.75. The van der Waals surface area contributed by atoms with Crippen molar-refractivity contribution in [2.45, 2.75) is 0 Å². The number of rotatable bonds is 1. The Morgan fingerprint density at radius 1 is 0.550 bits per heavy atom. The minimum atomic E-state index is -1.75. The fraction of sp³-hybridized carbons (Fsp3) is 0. The van der Waals surface area contributed by atoms with Gasteiger partial charge in [-0.15, -0.1) is 0 Å². The van der Waals surface area contributed by atoms with Crippen molar-refractivity contribution in [2.24, 2.45) is 0 Å². The highest BCUT2D eigenvalue weighted by Gasteiger charge is 2.06. The predicted molar refractivity (Wildman–Crippen MR) is 64.8 cm³/mol. The van der Waals surface area contributed by atoms with Crippen LogP contribution in [0, 0.1) is 30.6 Å². The maximum atomic E-state index is 8.25.